The molecule has 68 valence electrons. The van der Waals surface area contributed by atoms with Gasteiger partial charge in [-0.3, -0.25) is 9.05 Å². The van der Waals surface area contributed by atoms with Gasteiger partial charge in [-0.2, -0.15) is 0 Å². The molecule has 0 N–H and O–H groups in total. The van der Waals surface area contributed by atoms with E-state index in [1.807, 2.05) is 27.7 Å². The monoisotopic (exact) mass is 292 g/mol. The van der Waals surface area contributed by atoms with Gasteiger partial charge in [0.1, 0.15) is 0 Å². The van der Waals surface area contributed by atoms with E-state index in [-0.39, 0.29) is 12.2 Å². The van der Waals surface area contributed by atoms with E-state index in [1.54, 1.807) is 22.0 Å². The molecule has 0 aliphatic heterocycles. The zero-order valence-corrected chi connectivity index (χ0v) is 10.3. The summed E-state index contributed by atoms with van der Waals surface area (Å²) in [5, 5.41) is -2.83. The Balaban J connectivity index is 3.91. The molecule has 0 rings (SSSR count). The van der Waals surface area contributed by atoms with Crippen molar-refractivity contribution >= 4 is 27.3 Å². The molecule has 11 heavy (non-hydrogen) atoms. The summed E-state index contributed by atoms with van der Waals surface area (Å²) in [6, 6.07) is 0. The van der Waals surface area contributed by atoms with Crippen LogP contribution in [0.25, 0.3) is 0 Å². The first-order valence-corrected chi connectivity index (χ1v) is 7.83. The fraction of sp³-hybridized carbons (Fsp3) is 1.00. The third-order valence-electron chi connectivity index (χ3n) is 0.673. The number of rotatable bonds is 4. The second-order valence-electron chi connectivity index (χ2n) is 2.74. The predicted molar refractivity (Wildman–Crippen MR) is 54.1 cm³/mol. The van der Waals surface area contributed by atoms with Crippen LogP contribution in [0, 0.1) is 0 Å². The molecule has 0 aromatic heterocycles. The smallest absolute Gasteiger partial charge is 0.299 e. The lowest BCUT2D eigenvalue weighted by molar-refractivity contribution is 0.158. The van der Waals surface area contributed by atoms with E-state index >= 15 is 0 Å². The lowest BCUT2D eigenvalue weighted by Crippen LogP contribution is -2.03. The summed E-state index contributed by atoms with van der Waals surface area (Å²) in [4.78, 5) is 0. The summed E-state index contributed by atoms with van der Waals surface area (Å²) in [5.41, 5.74) is 0. The van der Waals surface area contributed by atoms with Gasteiger partial charge in [-0.15, -0.1) is 0 Å². The predicted octanol–water partition coefficient (Wildman–Crippen LogP) is 3.38. The largest absolute Gasteiger partial charge is 0.389 e. The first-order chi connectivity index (χ1) is 4.83. The van der Waals surface area contributed by atoms with E-state index in [0.717, 1.165) is 0 Å². The van der Waals surface area contributed by atoms with Gasteiger partial charge in [0.2, 0.25) is 0 Å². The molecule has 0 aromatic carbocycles. The van der Waals surface area contributed by atoms with Gasteiger partial charge in [0.25, 0.3) is 0 Å². The molecule has 0 aliphatic carbocycles. The molecule has 0 aliphatic rings. The SMILES string of the molecule is CC(C)OP(=O)(I)OC(C)C. The Morgan fingerprint density at radius 2 is 1.36 bits per heavy atom. The van der Waals surface area contributed by atoms with Crippen LogP contribution in [-0.2, 0) is 13.6 Å². The molecule has 0 bridgehead atoms. The van der Waals surface area contributed by atoms with Crippen molar-refractivity contribution < 1.29 is 13.6 Å². The summed E-state index contributed by atoms with van der Waals surface area (Å²) >= 11 is 1.72. The van der Waals surface area contributed by atoms with Crippen LogP contribution in [0.2, 0.25) is 0 Å². The molecular weight excluding hydrogens is 278 g/mol. The van der Waals surface area contributed by atoms with Crippen LogP contribution < -0.4 is 0 Å². The highest BCUT2D eigenvalue weighted by molar-refractivity contribution is 14.2. The zero-order valence-electron chi connectivity index (χ0n) is 7.20. The Morgan fingerprint density at radius 3 is 1.55 bits per heavy atom. The molecule has 3 nitrogen and oxygen atoms in total. The van der Waals surface area contributed by atoms with E-state index in [0.29, 0.717) is 0 Å². The van der Waals surface area contributed by atoms with Crippen molar-refractivity contribution in [3.05, 3.63) is 0 Å². The van der Waals surface area contributed by atoms with Gasteiger partial charge in [0.15, 0.2) is 0 Å². The van der Waals surface area contributed by atoms with E-state index in [1.165, 1.54) is 0 Å². The van der Waals surface area contributed by atoms with Gasteiger partial charge in [-0.05, 0) is 27.7 Å². The molecule has 0 spiro atoms. The fourth-order valence-corrected chi connectivity index (χ4v) is 4.31. The molecule has 0 saturated carbocycles. The molecule has 0 atom stereocenters. The maximum absolute atomic E-state index is 11.4. The Bertz CT molecular complexity index is 144. The van der Waals surface area contributed by atoms with E-state index in [2.05, 4.69) is 0 Å². The minimum absolute atomic E-state index is 0.0588. The van der Waals surface area contributed by atoms with Crippen LogP contribution in [0.1, 0.15) is 27.7 Å². The van der Waals surface area contributed by atoms with Gasteiger partial charge < -0.3 is 0 Å². The quantitative estimate of drug-likeness (QED) is 0.588. The molecule has 0 amide bonds. The lowest BCUT2D eigenvalue weighted by Gasteiger charge is -2.16. The van der Waals surface area contributed by atoms with E-state index < -0.39 is 5.24 Å². The van der Waals surface area contributed by atoms with Crippen molar-refractivity contribution in [2.75, 3.05) is 0 Å². The molecule has 0 aromatic rings. The topological polar surface area (TPSA) is 35.5 Å². The summed E-state index contributed by atoms with van der Waals surface area (Å²) in [6.45, 7) is 7.31. The minimum atomic E-state index is -2.83. The van der Waals surface area contributed by atoms with Crippen molar-refractivity contribution in [1.82, 2.24) is 0 Å². The fourth-order valence-electron chi connectivity index (χ4n) is 0.528. The minimum Gasteiger partial charge on any atom is -0.299 e. The van der Waals surface area contributed by atoms with Crippen molar-refractivity contribution in [3.8, 4) is 0 Å². The van der Waals surface area contributed by atoms with Crippen LogP contribution in [0.3, 0.4) is 0 Å². The van der Waals surface area contributed by atoms with Crippen LogP contribution >= 0.6 is 27.3 Å². The third-order valence-corrected chi connectivity index (χ3v) is 3.38. The third kappa shape index (κ3) is 7.25. The van der Waals surface area contributed by atoms with Crippen molar-refractivity contribution in [3.63, 3.8) is 0 Å². The average molecular weight is 292 g/mol. The maximum atomic E-state index is 11.4. The Kier molecular flexibility index (Phi) is 5.18. The van der Waals surface area contributed by atoms with Gasteiger partial charge in [-0.1, -0.05) is 0 Å². The van der Waals surface area contributed by atoms with Crippen molar-refractivity contribution in [2.24, 2.45) is 0 Å². The Hall–Kier alpha value is 0.880. The molecule has 0 heterocycles. The van der Waals surface area contributed by atoms with Crippen LogP contribution in [-0.4, -0.2) is 12.2 Å². The van der Waals surface area contributed by atoms with E-state index in [9.17, 15) is 4.57 Å². The van der Waals surface area contributed by atoms with Gasteiger partial charge in [0.05, 0.1) is 34.2 Å². The summed E-state index contributed by atoms with van der Waals surface area (Å²) in [5.74, 6) is 0. The van der Waals surface area contributed by atoms with Crippen LogP contribution in [0.15, 0.2) is 0 Å². The van der Waals surface area contributed by atoms with E-state index in [4.69, 9.17) is 9.05 Å². The molecule has 0 fully saturated rings. The number of hydrogen-bond acceptors (Lipinski definition) is 3. The highest BCUT2D eigenvalue weighted by atomic mass is 127. The standard InChI is InChI=1S/C6H14IO3P/c1-5(2)9-11(7,8)10-6(3)4/h5-6H,1-4H3. The normalized spacial score (nSPS) is 13.0. The molecule has 0 saturated heterocycles. The van der Waals surface area contributed by atoms with Crippen molar-refractivity contribution in [2.45, 2.75) is 39.9 Å². The van der Waals surface area contributed by atoms with Crippen LogP contribution in [0.5, 0.6) is 0 Å². The maximum Gasteiger partial charge on any atom is 0.389 e. The van der Waals surface area contributed by atoms with Gasteiger partial charge in [-0.25, -0.2) is 4.57 Å². The second-order valence-corrected chi connectivity index (χ2v) is 7.57. The summed E-state index contributed by atoms with van der Waals surface area (Å²) < 4.78 is 21.5. The number of halogens is 1. The average Bonchev–Trinajstić information content (AvgIpc) is 1.53. The zero-order chi connectivity index (χ0) is 9.07. The Morgan fingerprint density at radius 1 is 1.09 bits per heavy atom. The Labute approximate surface area is 80.9 Å². The highest BCUT2D eigenvalue weighted by Gasteiger charge is 2.22. The second kappa shape index (κ2) is 4.80. The molecule has 0 radical (unpaired) electrons. The first-order valence-electron chi connectivity index (χ1n) is 3.50. The van der Waals surface area contributed by atoms with Gasteiger partial charge >= 0.3 is 5.24 Å². The van der Waals surface area contributed by atoms with Crippen LogP contribution in [0.4, 0.5) is 0 Å². The molecule has 5 heteroatoms. The molecular formula is C6H14IO3P. The lowest BCUT2D eigenvalue weighted by atomic mass is 10.5. The summed E-state index contributed by atoms with van der Waals surface area (Å²) in [6.07, 6.45) is -0.118. The first kappa shape index (κ1) is 11.9. The highest BCUT2D eigenvalue weighted by Crippen LogP contribution is 2.58. The van der Waals surface area contributed by atoms with Gasteiger partial charge in [0, 0.05) is 0 Å². The van der Waals surface area contributed by atoms with Crippen molar-refractivity contribution in [1.29, 1.82) is 0 Å². The molecule has 0 unspecified atom stereocenters. The summed E-state index contributed by atoms with van der Waals surface area (Å²) in [7, 11) is 0. The number of hydrogen-bond donors (Lipinski definition) is 0.